The lowest BCUT2D eigenvalue weighted by Gasteiger charge is -2.22. The molecule has 1 amide bonds. The number of carbonyl (C=O) groups excluding carboxylic acids is 1. The number of nitrogens with one attached hydrogen (secondary N) is 1. The molecule has 140 valence electrons. The number of carbonyl (C=O) groups is 1. The maximum atomic E-state index is 13.1. The zero-order chi connectivity index (χ0) is 19.5. The third kappa shape index (κ3) is 5.05. The van der Waals surface area contributed by atoms with Crippen LogP contribution < -0.4 is 9.62 Å². The van der Waals surface area contributed by atoms with E-state index in [4.69, 9.17) is 0 Å². The summed E-state index contributed by atoms with van der Waals surface area (Å²) in [5.41, 5.74) is 4.08. The van der Waals surface area contributed by atoms with E-state index >= 15 is 0 Å². The van der Waals surface area contributed by atoms with E-state index in [-0.39, 0.29) is 18.9 Å². The van der Waals surface area contributed by atoms with Gasteiger partial charge >= 0.3 is 0 Å². The molecule has 0 aromatic heterocycles. The van der Waals surface area contributed by atoms with Crippen LogP contribution in [0.15, 0.2) is 36.4 Å². The van der Waals surface area contributed by atoms with Crippen molar-refractivity contribution in [3.8, 4) is 0 Å². The summed E-state index contributed by atoms with van der Waals surface area (Å²) in [6.07, 6.45) is 1.04. The second kappa shape index (κ2) is 7.86. The fourth-order valence-corrected chi connectivity index (χ4v) is 3.80. The van der Waals surface area contributed by atoms with Crippen molar-refractivity contribution < 1.29 is 17.6 Å². The van der Waals surface area contributed by atoms with Gasteiger partial charge in [-0.05, 0) is 56.2 Å². The normalized spacial score (nSPS) is 11.3. The van der Waals surface area contributed by atoms with Crippen molar-refractivity contribution in [3.05, 3.63) is 58.9 Å². The smallest absolute Gasteiger partial charge is 0.232 e. The van der Waals surface area contributed by atoms with Gasteiger partial charge < -0.3 is 5.32 Å². The molecule has 0 unspecified atom stereocenters. The molecule has 0 heterocycles. The van der Waals surface area contributed by atoms with Crippen molar-refractivity contribution in [3.63, 3.8) is 0 Å². The number of amides is 1. The molecule has 0 atom stereocenters. The van der Waals surface area contributed by atoms with Crippen molar-refractivity contribution in [2.75, 3.05) is 22.4 Å². The quantitative estimate of drug-likeness (QED) is 0.836. The molecule has 2 aromatic rings. The van der Waals surface area contributed by atoms with E-state index in [0.717, 1.165) is 32.9 Å². The number of benzene rings is 2. The van der Waals surface area contributed by atoms with Crippen LogP contribution >= 0.6 is 0 Å². The summed E-state index contributed by atoms with van der Waals surface area (Å²) >= 11 is 0. The van der Waals surface area contributed by atoms with Gasteiger partial charge in [-0.15, -0.1) is 0 Å². The molecular weight excluding hydrogens is 355 g/mol. The molecule has 0 radical (unpaired) electrons. The molecule has 0 saturated carbocycles. The molecule has 0 bridgehead atoms. The van der Waals surface area contributed by atoms with Gasteiger partial charge in [-0.3, -0.25) is 9.10 Å². The fraction of sp³-hybridized carbons (Fsp3) is 0.316. The summed E-state index contributed by atoms with van der Waals surface area (Å²) in [5.74, 6) is -0.735. The van der Waals surface area contributed by atoms with Gasteiger partial charge in [-0.25, -0.2) is 12.8 Å². The van der Waals surface area contributed by atoms with Crippen LogP contribution in [-0.4, -0.2) is 27.1 Å². The molecule has 2 aromatic carbocycles. The summed E-state index contributed by atoms with van der Waals surface area (Å²) in [5, 5.41) is 2.85. The van der Waals surface area contributed by atoms with Crippen LogP contribution in [0.3, 0.4) is 0 Å². The predicted octanol–water partition coefficient (Wildman–Crippen LogP) is 3.55. The number of aryl methyl sites for hydroxylation is 3. The number of hydrogen-bond acceptors (Lipinski definition) is 3. The van der Waals surface area contributed by atoms with E-state index in [9.17, 15) is 17.6 Å². The molecule has 0 fully saturated rings. The molecule has 2 rings (SSSR count). The maximum absolute atomic E-state index is 13.1. The zero-order valence-corrected chi connectivity index (χ0v) is 16.2. The van der Waals surface area contributed by atoms with Crippen LogP contribution in [0.25, 0.3) is 0 Å². The highest BCUT2D eigenvalue weighted by molar-refractivity contribution is 7.92. The Morgan fingerprint density at radius 2 is 1.62 bits per heavy atom. The van der Waals surface area contributed by atoms with E-state index in [1.165, 1.54) is 24.3 Å². The Labute approximate surface area is 153 Å². The third-order valence-electron chi connectivity index (χ3n) is 4.00. The Balaban J connectivity index is 2.12. The van der Waals surface area contributed by atoms with E-state index in [2.05, 4.69) is 5.32 Å². The standard InChI is InChI=1S/C19H23FN2O3S/c1-13-11-14(2)19(15(3)12-13)21-18(23)9-10-22(26(4,24)25)17-7-5-16(20)6-8-17/h5-8,11-12H,9-10H2,1-4H3,(H,21,23). The van der Waals surface area contributed by atoms with Crippen LogP contribution in [-0.2, 0) is 14.8 Å². The topological polar surface area (TPSA) is 66.5 Å². The van der Waals surface area contributed by atoms with Crippen LogP contribution in [0.2, 0.25) is 0 Å². The molecule has 5 nitrogen and oxygen atoms in total. The molecule has 0 saturated heterocycles. The first-order chi connectivity index (χ1) is 12.1. The maximum Gasteiger partial charge on any atom is 0.232 e. The van der Waals surface area contributed by atoms with Gasteiger partial charge in [0.2, 0.25) is 15.9 Å². The Bertz CT molecular complexity index is 886. The third-order valence-corrected chi connectivity index (χ3v) is 5.19. The highest BCUT2D eigenvalue weighted by Gasteiger charge is 2.19. The number of nitrogens with zero attached hydrogens (tertiary/aromatic N) is 1. The molecule has 0 aliphatic rings. The fourth-order valence-electron chi connectivity index (χ4n) is 2.88. The van der Waals surface area contributed by atoms with Gasteiger partial charge in [-0.1, -0.05) is 17.7 Å². The number of sulfonamides is 1. The minimum Gasteiger partial charge on any atom is -0.326 e. The Kier molecular flexibility index (Phi) is 6.02. The lowest BCUT2D eigenvalue weighted by molar-refractivity contribution is -0.116. The Hall–Kier alpha value is -2.41. The minimum atomic E-state index is -3.59. The van der Waals surface area contributed by atoms with Crippen molar-refractivity contribution >= 4 is 27.3 Å². The van der Waals surface area contributed by atoms with E-state index < -0.39 is 15.8 Å². The highest BCUT2D eigenvalue weighted by Crippen LogP contribution is 2.23. The van der Waals surface area contributed by atoms with Crippen molar-refractivity contribution in [2.24, 2.45) is 0 Å². The summed E-state index contributed by atoms with van der Waals surface area (Å²) in [6.45, 7) is 5.78. The largest absolute Gasteiger partial charge is 0.326 e. The molecule has 26 heavy (non-hydrogen) atoms. The van der Waals surface area contributed by atoms with E-state index in [1.54, 1.807) is 0 Å². The molecule has 0 aliphatic carbocycles. The first-order valence-corrected chi connectivity index (χ1v) is 10.0. The number of rotatable bonds is 6. The van der Waals surface area contributed by atoms with Crippen molar-refractivity contribution in [1.29, 1.82) is 0 Å². The average Bonchev–Trinajstić information content (AvgIpc) is 2.51. The molecule has 0 aliphatic heterocycles. The van der Waals surface area contributed by atoms with Gasteiger partial charge in [0.15, 0.2) is 0 Å². The second-order valence-electron chi connectivity index (χ2n) is 6.38. The van der Waals surface area contributed by atoms with Gasteiger partial charge in [0.05, 0.1) is 11.9 Å². The van der Waals surface area contributed by atoms with Crippen LogP contribution in [0.4, 0.5) is 15.8 Å². The molecule has 1 N–H and O–H groups in total. The highest BCUT2D eigenvalue weighted by atomic mass is 32.2. The first kappa shape index (κ1) is 19.9. The number of halogens is 1. The summed E-state index contributed by atoms with van der Waals surface area (Å²) in [7, 11) is -3.59. The van der Waals surface area contributed by atoms with Gasteiger partial charge in [0.25, 0.3) is 0 Å². The average molecular weight is 378 g/mol. The summed E-state index contributed by atoms with van der Waals surface area (Å²) in [6, 6.07) is 9.08. The predicted molar refractivity (Wildman–Crippen MR) is 102 cm³/mol. The molecular formula is C19H23FN2O3S. The van der Waals surface area contributed by atoms with Crippen LogP contribution in [0.5, 0.6) is 0 Å². The van der Waals surface area contributed by atoms with Crippen LogP contribution in [0.1, 0.15) is 23.1 Å². The second-order valence-corrected chi connectivity index (χ2v) is 8.29. The van der Waals surface area contributed by atoms with Crippen LogP contribution in [0, 0.1) is 26.6 Å². The van der Waals surface area contributed by atoms with Gasteiger partial charge in [0.1, 0.15) is 5.82 Å². The van der Waals surface area contributed by atoms with Crippen molar-refractivity contribution in [1.82, 2.24) is 0 Å². The first-order valence-electron chi connectivity index (χ1n) is 8.19. The molecule has 7 heteroatoms. The number of anilines is 2. The van der Waals surface area contributed by atoms with E-state index in [1.807, 2.05) is 32.9 Å². The number of hydrogen-bond donors (Lipinski definition) is 1. The molecule has 0 spiro atoms. The SMILES string of the molecule is Cc1cc(C)c(NC(=O)CCN(c2ccc(F)cc2)S(C)(=O)=O)c(C)c1. The summed E-state index contributed by atoms with van der Waals surface area (Å²) in [4.78, 5) is 12.3. The lowest BCUT2D eigenvalue weighted by Crippen LogP contribution is -2.33. The lowest BCUT2D eigenvalue weighted by atomic mass is 10.1. The minimum absolute atomic E-state index is 0.0167. The summed E-state index contributed by atoms with van der Waals surface area (Å²) < 4.78 is 38.2. The Morgan fingerprint density at radius 3 is 2.12 bits per heavy atom. The van der Waals surface area contributed by atoms with Gasteiger partial charge in [-0.2, -0.15) is 0 Å². The Morgan fingerprint density at radius 1 is 1.08 bits per heavy atom. The van der Waals surface area contributed by atoms with E-state index in [0.29, 0.717) is 5.69 Å². The van der Waals surface area contributed by atoms with Gasteiger partial charge in [0, 0.05) is 18.7 Å². The zero-order valence-electron chi connectivity index (χ0n) is 15.3. The van der Waals surface area contributed by atoms with Crippen molar-refractivity contribution in [2.45, 2.75) is 27.2 Å². The monoisotopic (exact) mass is 378 g/mol.